The van der Waals surface area contributed by atoms with Crippen LogP contribution in [0.4, 0.5) is 4.39 Å². The summed E-state index contributed by atoms with van der Waals surface area (Å²) in [5, 5.41) is 2.47. The monoisotopic (exact) mass is 245 g/mol. The highest BCUT2D eigenvalue weighted by Crippen LogP contribution is 2.21. The summed E-state index contributed by atoms with van der Waals surface area (Å²) in [5.74, 6) is -0.573. The van der Waals surface area contributed by atoms with E-state index in [0.717, 1.165) is 11.1 Å². The number of amides is 1. The maximum absolute atomic E-state index is 13.0. The first-order chi connectivity index (χ1) is 8.61. The average molecular weight is 245 g/mol. The molecule has 92 valence electrons. The largest absolute Gasteiger partial charge is 0.354 e. The maximum Gasteiger partial charge on any atom is 0.271 e. The van der Waals surface area contributed by atoms with Crippen molar-refractivity contribution in [1.29, 1.82) is 0 Å². The summed E-state index contributed by atoms with van der Waals surface area (Å²) < 4.78 is 13.0. The summed E-state index contributed by atoms with van der Waals surface area (Å²) >= 11 is 0. The van der Waals surface area contributed by atoms with Crippen LogP contribution in [0, 0.1) is 12.7 Å². The van der Waals surface area contributed by atoms with E-state index < -0.39 is 0 Å². The van der Waals surface area contributed by atoms with Crippen LogP contribution in [-0.4, -0.2) is 22.9 Å². The van der Waals surface area contributed by atoms with E-state index in [1.807, 2.05) is 0 Å². The third-order valence-electron chi connectivity index (χ3n) is 2.58. The predicted molar refractivity (Wildman–Crippen MR) is 65.6 cm³/mol. The fraction of sp³-hybridized carbons (Fsp3) is 0.154. The van der Waals surface area contributed by atoms with Crippen LogP contribution in [0.15, 0.2) is 30.6 Å². The first kappa shape index (κ1) is 12.2. The molecule has 0 atom stereocenters. The Kier molecular flexibility index (Phi) is 3.32. The van der Waals surface area contributed by atoms with E-state index in [0.29, 0.717) is 5.69 Å². The lowest BCUT2D eigenvalue weighted by molar-refractivity contribution is 0.0958. The molecular formula is C13H12FN3O. The number of hydrogen-bond acceptors (Lipinski definition) is 3. The number of benzene rings is 1. The highest BCUT2D eigenvalue weighted by atomic mass is 19.1. The molecule has 0 aliphatic heterocycles. The summed E-state index contributed by atoms with van der Waals surface area (Å²) in [6.45, 7) is 1.80. The summed E-state index contributed by atoms with van der Waals surface area (Å²) in [6, 6.07) is 4.45. The second kappa shape index (κ2) is 4.91. The molecule has 0 aliphatic carbocycles. The van der Waals surface area contributed by atoms with Crippen molar-refractivity contribution in [3.8, 4) is 11.3 Å². The standard InChI is InChI=1S/C13H12FN3O/c1-8-5-9(14)3-4-10(8)11-6-17-12(7-16-11)13(18)15-2/h3-7H,1-2H3,(H,15,18). The summed E-state index contributed by atoms with van der Waals surface area (Å²) in [7, 11) is 1.53. The molecule has 0 unspecified atom stereocenters. The van der Waals surface area contributed by atoms with E-state index in [9.17, 15) is 9.18 Å². The van der Waals surface area contributed by atoms with Gasteiger partial charge in [0.05, 0.1) is 18.1 Å². The van der Waals surface area contributed by atoms with Gasteiger partial charge in [0.1, 0.15) is 11.5 Å². The summed E-state index contributed by atoms with van der Waals surface area (Å²) in [4.78, 5) is 19.5. The molecule has 4 nitrogen and oxygen atoms in total. The van der Waals surface area contributed by atoms with E-state index in [-0.39, 0.29) is 17.4 Å². The van der Waals surface area contributed by atoms with Gasteiger partial charge < -0.3 is 5.32 Å². The van der Waals surface area contributed by atoms with Gasteiger partial charge in [0.15, 0.2) is 0 Å². The minimum Gasteiger partial charge on any atom is -0.354 e. The lowest BCUT2D eigenvalue weighted by Crippen LogP contribution is -2.19. The Labute approximate surface area is 104 Å². The molecule has 18 heavy (non-hydrogen) atoms. The molecule has 0 saturated carbocycles. The molecule has 1 aromatic carbocycles. The van der Waals surface area contributed by atoms with Crippen molar-refractivity contribution in [3.63, 3.8) is 0 Å². The molecule has 5 heteroatoms. The molecule has 2 aromatic rings. The van der Waals surface area contributed by atoms with Crippen LogP contribution < -0.4 is 5.32 Å². The number of nitrogens with one attached hydrogen (secondary N) is 1. The van der Waals surface area contributed by atoms with Crippen LogP contribution in [0.2, 0.25) is 0 Å². The average Bonchev–Trinajstić information content (AvgIpc) is 2.38. The quantitative estimate of drug-likeness (QED) is 0.879. The van der Waals surface area contributed by atoms with Crippen LogP contribution >= 0.6 is 0 Å². The molecule has 1 aromatic heterocycles. The summed E-state index contributed by atoms with van der Waals surface area (Å²) in [6.07, 6.45) is 2.90. The van der Waals surface area contributed by atoms with Crippen molar-refractivity contribution in [2.24, 2.45) is 0 Å². The Balaban J connectivity index is 2.37. The van der Waals surface area contributed by atoms with Gasteiger partial charge in [-0.3, -0.25) is 9.78 Å². The topological polar surface area (TPSA) is 54.9 Å². The molecule has 1 amide bonds. The van der Waals surface area contributed by atoms with Gasteiger partial charge in [0, 0.05) is 12.6 Å². The number of hydrogen-bond donors (Lipinski definition) is 1. The minimum atomic E-state index is -0.287. The Morgan fingerprint density at radius 1 is 1.28 bits per heavy atom. The Morgan fingerprint density at radius 2 is 2.06 bits per heavy atom. The second-order valence-corrected chi connectivity index (χ2v) is 3.83. The first-order valence-electron chi connectivity index (χ1n) is 5.42. The van der Waals surface area contributed by atoms with Crippen LogP contribution in [0.1, 0.15) is 16.1 Å². The lowest BCUT2D eigenvalue weighted by atomic mass is 10.1. The van der Waals surface area contributed by atoms with Gasteiger partial charge in [-0.2, -0.15) is 0 Å². The highest BCUT2D eigenvalue weighted by Gasteiger charge is 2.08. The normalized spacial score (nSPS) is 10.2. The number of aryl methyl sites for hydroxylation is 1. The lowest BCUT2D eigenvalue weighted by Gasteiger charge is -2.05. The number of carbonyl (C=O) groups is 1. The van der Waals surface area contributed by atoms with Crippen molar-refractivity contribution in [2.75, 3.05) is 7.05 Å². The smallest absolute Gasteiger partial charge is 0.271 e. The zero-order chi connectivity index (χ0) is 13.1. The number of halogens is 1. The molecule has 2 rings (SSSR count). The van der Waals surface area contributed by atoms with Gasteiger partial charge >= 0.3 is 0 Å². The van der Waals surface area contributed by atoms with Crippen LogP contribution in [-0.2, 0) is 0 Å². The third kappa shape index (κ3) is 2.34. The van der Waals surface area contributed by atoms with Crippen LogP contribution in [0.3, 0.4) is 0 Å². The Hall–Kier alpha value is -2.30. The van der Waals surface area contributed by atoms with Gasteiger partial charge in [0.25, 0.3) is 5.91 Å². The zero-order valence-electron chi connectivity index (χ0n) is 10.1. The fourth-order valence-electron chi connectivity index (χ4n) is 1.63. The second-order valence-electron chi connectivity index (χ2n) is 3.83. The zero-order valence-corrected chi connectivity index (χ0v) is 10.1. The van der Waals surface area contributed by atoms with Crippen molar-refractivity contribution < 1.29 is 9.18 Å². The number of rotatable bonds is 2. The maximum atomic E-state index is 13.0. The van der Waals surface area contributed by atoms with Crippen molar-refractivity contribution in [2.45, 2.75) is 6.92 Å². The Bertz CT molecular complexity index is 581. The predicted octanol–water partition coefficient (Wildman–Crippen LogP) is 1.95. The molecule has 0 bridgehead atoms. The highest BCUT2D eigenvalue weighted by molar-refractivity contribution is 5.91. The molecule has 1 N–H and O–H groups in total. The van der Waals surface area contributed by atoms with Gasteiger partial charge in [-0.1, -0.05) is 0 Å². The third-order valence-corrected chi connectivity index (χ3v) is 2.58. The van der Waals surface area contributed by atoms with Gasteiger partial charge in [0.2, 0.25) is 0 Å². The van der Waals surface area contributed by atoms with Crippen molar-refractivity contribution in [1.82, 2.24) is 15.3 Å². The fourth-order valence-corrected chi connectivity index (χ4v) is 1.63. The van der Waals surface area contributed by atoms with E-state index in [4.69, 9.17) is 0 Å². The Morgan fingerprint density at radius 3 is 2.61 bits per heavy atom. The van der Waals surface area contributed by atoms with E-state index in [1.54, 1.807) is 13.0 Å². The van der Waals surface area contributed by atoms with Crippen molar-refractivity contribution in [3.05, 3.63) is 47.7 Å². The molecule has 0 fully saturated rings. The van der Waals surface area contributed by atoms with E-state index >= 15 is 0 Å². The number of carbonyl (C=O) groups excluding carboxylic acids is 1. The van der Waals surface area contributed by atoms with Gasteiger partial charge in [-0.15, -0.1) is 0 Å². The first-order valence-corrected chi connectivity index (χ1v) is 5.42. The molecular weight excluding hydrogens is 233 g/mol. The molecule has 0 saturated heterocycles. The number of nitrogens with zero attached hydrogens (tertiary/aromatic N) is 2. The van der Waals surface area contributed by atoms with Gasteiger partial charge in [-0.25, -0.2) is 9.37 Å². The molecule has 1 heterocycles. The van der Waals surface area contributed by atoms with Gasteiger partial charge in [-0.05, 0) is 30.7 Å². The van der Waals surface area contributed by atoms with E-state index in [2.05, 4.69) is 15.3 Å². The molecule has 0 radical (unpaired) electrons. The number of aromatic nitrogens is 2. The molecule has 0 aliphatic rings. The minimum absolute atomic E-state index is 0.251. The summed E-state index contributed by atoms with van der Waals surface area (Å²) in [5.41, 5.74) is 2.44. The van der Waals surface area contributed by atoms with Crippen molar-refractivity contribution >= 4 is 5.91 Å². The van der Waals surface area contributed by atoms with Crippen LogP contribution in [0.25, 0.3) is 11.3 Å². The molecule has 0 spiro atoms. The van der Waals surface area contributed by atoms with Crippen LogP contribution in [0.5, 0.6) is 0 Å². The van der Waals surface area contributed by atoms with E-state index in [1.165, 1.54) is 31.6 Å². The SMILES string of the molecule is CNC(=O)c1cnc(-c2ccc(F)cc2C)cn1.